The quantitative estimate of drug-likeness (QED) is 0.181. The van der Waals surface area contributed by atoms with Crippen molar-refractivity contribution in [2.75, 3.05) is 0 Å². The second-order valence-corrected chi connectivity index (χ2v) is 8.35. The van der Waals surface area contributed by atoms with Gasteiger partial charge in [0.1, 0.15) is 6.10 Å². The first-order valence-electron chi connectivity index (χ1n) is 10.2. The highest BCUT2D eigenvalue weighted by Crippen LogP contribution is 2.26. The van der Waals surface area contributed by atoms with E-state index in [1.54, 1.807) is 6.92 Å². The molecule has 2 unspecified atom stereocenters. The lowest BCUT2D eigenvalue weighted by molar-refractivity contribution is -0.144. The molecule has 0 aliphatic rings. The topological polar surface area (TPSA) is 122 Å². The molecule has 0 saturated carbocycles. The summed E-state index contributed by atoms with van der Waals surface area (Å²) < 4.78 is 16.5. The molecule has 1 rings (SSSR count). The Hall–Kier alpha value is -1.47. The second kappa shape index (κ2) is 15.4. The van der Waals surface area contributed by atoms with Crippen molar-refractivity contribution in [3.63, 3.8) is 0 Å². The van der Waals surface area contributed by atoms with Gasteiger partial charge in [-0.1, -0.05) is 58.4 Å². The van der Waals surface area contributed by atoms with Crippen molar-refractivity contribution in [3.8, 4) is 0 Å². The molecule has 0 aliphatic heterocycles. The van der Waals surface area contributed by atoms with Crippen molar-refractivity contribution < 1.29 is 28.8 Å². The van der Waals surface area contributed by atoms with Crippen LogP contribution in [0.25, 0.3) is 0 Å². The van der Waals surface area contributed by atoms with Gasteiger partial charge in [-0.2, -0.15) is 0 Å². The molecule has 0 bridgehead atoms. The van der Waals surface area contributed by atoms with Gasteiger partial charge in [0.05, 0.1) is 6.33 Å². The Labute approximate surface area is 174 Å². The lowest BCUT2D eigenvalue weighted by atomic mass is 10.0. The van der Waals surface area contributed by atoms with Crippen LogP contribution in [0.2, 0.25) is 0 Å². The molecule has 1 aromatic rings. The van der Waals surface area contributed by atoms with Gasteiger partial charge in [-0.3, -0.25) is 0 Å². The number of rotatable bonds is 13. The highest BCUT2D eigenvalue weighted by atomic mass is 31.2. The number of carbonyl (C=O) groups is 1. The highest BCUT2D eigenvalue weighted by molar-refractivity contribution is 7.45. The summed E-state index contributed by atoms with van der Waals surface area (Å²) in [5, 5.41) is 0. The first-order valence-corrected chi connectivity index (χ1v) is 11.7. The van der Waals surface area contributed by atoms with Gasteiger partial charge in [0.2, 0.25) is 0 Å². The van der Waals surface area contributed by atoms with E-state index in [0.29, 0.717) is 11.6 Å². The lowest BCUT2D eigenvalue weighted by Gasteiger charge is -2.22. The van der Waals surface area contributed by atoms with Gasteiger partial charge < -0.3 is 24.0 Å². The van der Waals surface area contributed by atoms with Crippen molar-refractivity contribution >= 4 is 13.8 Å². The molecule has 29 heavy (non-hydrogen) atoms. The van der Waals surface area contributed by atoms with Gasteiger partial charge in [0.25, 0.3) is 0 Å². The Morgan fingerprint density at radius 1 is 1.17 bits per heavy atom. The van der Waals surface area contributed by atoms with E-state index in [-0.39, 0.29) is 12.1 Å². The van der Waals surface area contributed by atoms with Crippen molar-refractivity contribution in [1.82, 2.24) is 9.55 Å². The van der Waals surface area contributed by atoms with Gasteiger partial charge in [-0.15, -0.1) is 0 Å². The molecular formula is C20H37N2O6P. The number of phosphoric acid groups is 1. The van der Waals surface area contributed by atoms with E-state index in [9.17, 15) is 4.79 Å². The van der Waals surface area contributed by atoms with Crippen molar-refractivity contribution in [2.24, 2.45) is 0 Å². The van der Waals surface area contributed by atoms with Crippen molar-refractivity contribution in [1.29, 1.82) is 0 Å². The Morgan fingerprint density at radius 2 is 1.72 bits per heavy atom. The largest absolute Gasteiger partial charge is 0.466 e. The summed E-state index contributed by atoms with van der Waals surface area (Å²) in [6.07, 6.45) is 16.6. The SMILES string of the molecule is C=C(C)C(=O)OC(C)CC(CCCCCCCCC)n1ccnc1.O=P(O)(O)O. The smallest absolute Gasteiger partial charge is 0.459 e. The zero-order chi connectivity index (χ0) is 22.3. The average molecular weight is 432 g/mol. The summed E-state index contributed by atoms with van der Waals surface area (Å²) in [6.45, 7) is 9.52. The van der Waals surface area contributed by atoms with Crippen molar-refractivity contribution in [2.45, 2.75) is 90.7 Å². The Balaban J connectivity index is 0.00000139. The summed E-state index contributed by atoms with van der Waals surface area (Å²) in [5.41, 5.74) is 0.452. The third kappa shape index (κ3) is 17.1. The number of unbranched alkanes of at least 4 members (excludes halogenated alkanes) is 6. The Morgan fingerprint density at radius 3 is 2.21 bits per heavy atom. The van der Waals surface area contributed by atoms with Crippen LogP contribution in [0.5, 0.6) is 0 Å². The molecule has 8 nitrogen and oxygen atoms in total. The first kappa shape index (κ1) is 27.5. The van der Waals surface area contributed by atoms with Gasteiger partial charge in [0, 0.05) is 30.4 Å². The minimum absolute atomic E-state index is 0.119. The molecule has 3 N–H and O–H groups in total. The van der Waals surface area contributed by atoms with Gasteiger partial charge in [0.15, 0.2) is 0 Å². The number of hydrogen-bond donors (Lipinski definition) is 3. The van der Waals surface area contributed by atoms with Crippen LogP contribution in [0.4, 0.5) is 0 Å². The Bertz CT molecular complexity index is 606. The predicted octanol–water partition coefficient (Wildman–Crippen LogP) is 4.53. The summed E-state index contributed by atoms with van der Waals surface area (Å²) in [5.74, 6) is -0.303. The molecule has 0 spiro atoms. The summed E-state index contributed by atoms with van der Waals surface area (Å²) in [7, 11) is -4.64. The predicted molar refractivity (Wildman–Crippen MR) is 113 cm³/mol. The second-order valence-electron chi connectivity index (χ2n) is 7.32. The molecule has 0 aromatic carbocycles. The number of hydrogen-bond acceptors (Lipinski definition) is 4. The van der Waals surface area contributed by atoms with E-state index in [1.165, 1.54) is 44.9 Å². The van der Waals surface area contributed by atoms with E-state index >= 15 is 0 Å². The summed E-state index contributed by atoms with van der Waals surface area (Å²) in [6, 6.07) is 0.330. The third-order valence-corrected chi connectivity index (χ3v) is 4.35. The normalized spacial score (nSPS) is 13.2. The molecule has 1 aromatic heterocycles. The average Bonchev–Trinajstić information content (AvgIpc) is 3.12. The van der Waals surface area contributed by atoms with E-state index in [4.69, 9.17) is 24.0 Å². The van der Waals surface area contributed by atoms with Crippen LogP contribution in [0.3, 0.4) is 0 Å². The maximum absolute atomic E-state index is 11.7. The fraction of sp³-hybridized carbons (Fsp3) is 0.700. The van der Waals surface area contributed by atoms with E-state index in [2.05, 4.69) is 23.1 Å². The third-order valence-electron chi connectivity index (χ3n) is 4.35. The minimum Gasteiger partial charge on any atom is -0.459 e. The van der Waals surface area contributed by atoms with Crippen LogP contribution in [-0.4, -0.2) is 36.3 Å². The Kier molecular flexibility index (Phi) is 14.6. The van der Waals surface area contributed by atoms with Gasteiger partial charge >= 0.3 is 13.8 Å². The van der Waals surface area contributed by atoms with Gasteiger partial charge in [-0.05, 0) is 20.3 Å². The molecule has 0 radical (unpaired) electrons. The lowest BCUT2D eigenvalue weighted by Crippen LogP contribution is -2.20. The number of carbonyl (C=O) groups excluding carboxylic acids is 1. The fourth-order valence-electron chi connectivity index (χ4n) is 2.93. The van der Waals surface area contributed by atoms with Crippen LogP contribution < -0.4 is 0 Å². The molecule has 1 heterocycles. The molecule has 0 aliphatic carbocycles. The first-order chi connectivity index (χ1) is 13.5. The standard InChI is InChI=1S/C20H34N2O2.H3O4P/c1-5-6-7-8-9-10-11-12-19(22-14-13-21-16-22)15-18(4)24-20(23)17(2)3;1-5(2,3)4/h13-14,16,18-19H,2,5-12,15H2,1,3-4H3;(H3,1,2,3,4). The maximum atomic E-state index is 11.7. The maximum Gasteiger partial charge on any atom is 0.466 e. The highest BCUT2D eigenvalue weighted by Gasteiger charge is 2.18. The molecule has 2 atom stereocenters. The molecule has 0 saturated heterocycles. The number of ether oxygens (including phenoxy) is 1. The van der Waals surface area contributed by atoms with Crippen LogP contribution >= 0.6 is 7.82 Å². The fourth-order valence-corrected chi connectivity index (χ4v) is 2.93. The number of aromatic nitrogens is 2. The van der Waals surface area contributed by atoms with E-state index < -0.39 is 7.82 Å². The van der Waals surface area contributed by atoms with Crippen molar-refractivity contribution in [3.05, 3.63) is 30.9 Å². The molecule has 0 amide bonds. The van der Waals surface area contributed by atoms with E-state index in [1.807, 2.05) is 25.6 Å². The monoisotopic (exact) mass is 432 g/mol. The number of nitrogens with zero attached hydrogens (tertiary/aromatic N) is 2. The zero-order valence-electron chi connectivity index (χ0n) is 17.9. The molecule has 168 valence electrons. The van der Waals surface area contributed by atoms with Crippen LogP contribution in [0.1, 0.15) is 84.6 Å². The summed E-state index contributed by atoms with van der Waals surface area (Å²) in [4.78, 5) is 37.4. The number of esters is 1. The number of imidazole rings is 1. The summed E-state index contributed by atoms with van der Waals surface area (Å²) >= 11 is 0. The molecule has 9 heteroatoms. The van der Waals surface area contributed by atoms with Gasteiger partial charge in [-0.25, -0.2) is 14.3 Å². The molecule has 0 fully saturated rings. The van der Waals surface area contributed by atoms with Crippen LogP contribution in [0.15, 0.2) is 30.9 Å². The van der Waals surface area contributed by atoms with Crippen LogP contribution in [0, 0.1) is 0 Å². The minimum atomic E-state index is -4.64. The molecular weight excluding hydrogens is 395 g/mol. The zero-order valence-corrected chi connectivity index (χ0v) is 18.8. The van der Waals surface area contributed by atoms with E-state index in [0.717, 1.165) is 12.8 Å². The van der Waals surface area contributed by atoms with Crippen LogP contribution in [-0.2, 0) is 14.1 Å².